The van der Waals surface area contributed by atoms with E-state index < -0.39 is 0 Å². The first-order chi connectivity index (χ1) is 10.1. The highest BCUT2D eigenvalue weighted by atomic mass is 79.9. The van der Waals surface area contributed by atoms with Gasteiger partial charge in [0, 0.05) is 17.4 Å². The molecule has 1 aromatic carbocycles. The van der Waals surface area contributed by atoms with Crippen LogP contribution >= 0.6 is 15.9 Å². The van der Waals surface area contributed by atoms with Crippen LogP contribution in [0.5, 0.6) is 0 Å². The summed E-state index contributed by atoms with van der Waals surface area (Å²) in [7, 11) is 0. The van der Waals surface area contributed by atoms with Crippen molar-refractivity contribution in [1.82, 2.24) is 4.90 Å². The average Bonchev–Trinajstić information content (AvgIpc) is 2.49. The van der Waals surface area contributed by atoms with Crippen molar-refractivity contribution in [3.63, 3.8) is 0 Å². The summed E-state index contributed by atoms with van der Waals surface area (Å²) in [5.74, 6) is -0.105. The smallest absolute Gasteiger partial charge is 0.247 e. The van der Waals surface area contributed by atoms with E-state index in [-0.39, 0.29) is 18.4 Å². The summed E-state index contributed by atoms with van der Waals surface area (Å²) >= 11 is 3.39. The Balaban J connectivity index is 3.09. The van der Waals surface area contributed by atoms with Crippen molar-refractivity contribution < 1.29 is 9.59 Å². The Hall–Kier alpha value is -1.68. The first-order valence-corrected chi connectivity index (χ1v) is 7.70. The van der Waals surface area contributed by atoms with Gasteiger partial charge in [-0.25, -0.2) is 0 Å². The van der Waals surface area contributed by atoms with Gasteiger partial charge in [0.2, 0.25) is 5.91 Å². The van der Waals surface area contributed by atoms with Gasteiger partial charge in [0.25, 0.3) is 0 Å². The molecule has 0 heterocycles. The summed E-state index contributed by atoms with van der Waals surface area (Å²) in [6.07, 6.45) is 6.96. The Kier molecular flexibility index (Phi) is 7.69. The number of halogens is 1. The van der Waals surface area contributed by atoms with Crippen molar-refractivity contribution >= 4 is 28.1 Å². The Morgan fingerprint density at radius 1 is 1.38 bits per heavy atom. The molecule has 1 aromatic rings. The van der Waals surface area contributed by atoms with Crippen molar-refractivity contribution in [2.75, 3.05) is 6.54 Å². The second kappa shape index (κ2) is 9.29. The lowest BCUT2D eigenvalue weighted by atomic mass is 10.0. The maximum absolute atomic E-state index is 12.3. The molecule has 0 aromatic heterocycles. The van der Waals surface area contributed by atoms with Crippen LogP contribution < -0.4 is 0 Å². The minimum Gasteiger partial charge on any atom is -0.328 e. The Morgan fingerprint density at radius 3 is 2.57 bits per heavy atom. The van der Waals surface area contributed by atoms with Gasteiger partial charge in [0.1, 0.15) is 6.29 Å². The first-order valence-electron chi connectivity index (χ1n) is 6.91. The predicted molar refractivity (Wildman–Crippen MR) is 88.9 cm³/mol. The Bertz CT molecular complexity index is 508. The summed E-state index contributed by atoms with van der Waals surface area (Å²) in [6, 6.07) is 7.38. The SMILES string of the molecule is C=CCN(C(=O)/C=C/CC)C(CC=O)c1ccc(Br)cc1. The highest BCUT2D eigenvalue weighted by Crippen LogP contribution is 2.25. The molecule has 0 radical (unpaired) electrons. The number of aldehydes is 1. The van der Waals surface area contributed by atoms with Crippen molar-refractivity contribution in [2.45, 2.75) is 25.8 Å². The first kappa shape index (κ1) is 17.4. The fourth-order valence-electron chi connectivity index (χ4n) is 2.04. The maximum Gasteiger partial charge on any atom is 0.247 e. The highest BCUT2D eigenvalue weighted by molar-refractivity contribution is 9.10. The number of rotatable bonds is 8. The van der Waals surface area contributed by atoms with Gasteiger partial charge in [0.15, 0.2) is 0 Å². The lowest BCUT2D eigenvalue weighted by Gasteiger charge is -2.29. The van der Waals surface area contributed by atoms with Crippen molar-refractivity contribution in [2.24, 2.45) is 0 Å². The van der Waals surface area contributed by atoms with Crippen molar-refractivity contribution in [3.8, 4) is 0 Å². The van der Waals surface area contributed by atoms with E-state index in [0.29, 0.717) is 6.54 Å². The standard InChI is InChI=1S/C17H20BrNO2/c1-3-5-6-17(21)19(12-4-2)16(11-13-20)14-7-9-15(18)10-8-14/h4-10,13,16H,2-3,11-12H2,1H3/b6-5+. The van der Waals surface area contributed by atoms with Gasteiger partial charge in [-0.2, -0.15) is 0 Å². The number of hydrogen-bond donors (Lipinski definition) is 0. The van der Waals surface area contributed by atoms with Crippen LogP contribution in [0, 0.1) is 0 Å². The zero-order valence-electron chi connectivity index (χ0n) is 12.2. The molecule has 112 valence electrons. The molecule has 0 saturated heterocycles. The Labute approximate surface area is 134 Å². The second-order valence-electron chi connectivity index (χ2n) is 4.56. The van der Waals surface area contributed by atoms with Gasteiger partial charge >= 0.3 is 0 Å². The number of amides is 1. The zero-order chi connectivity index (χ0) is 15.7. The van der Waals surface area contributed by atoms with Gasteiger partial charge < -0.3 is 9.69 Å². The molecule has 0 aliphatic carbocycles. The van der Waals surface area contributed by atoms with Crippen molar-refractivity contribution in [1.29, 1.82) is 0 Å². The molecule has 0 aliphatic rings. The zero-order valence-corrected chi connectivity index (χ0v) is 13.8. The van der Waals surface area contributed by atoms with Crippen LogP contribution in [0.1, 0.15) is 31.4 Å². The molecule has 21 heavy (non-hydrogen) atoms. The largest absolute Gasteiger partial charge is 0.328 e. The molecule has 0 bridgehead atoms. The van der Waals surface area contributed by atoms with Crippen LogP contribution in [-0.2, 0) is 9.59 Å². The lowest BCUT2D eigenvalue weighted by Crippen LogP contribution is -2.34. The molecule has 0 spiro atoms. The van der Waals surface area contributed by atoms with E-state index in [1.807, 2.05) is 37.3 Å². The topological polar surface area (TPSA) is 37.4 Å². The van der Waals surface area contributed by atoms with E-state index >= 15 is 0 Å². The van der Waals surface area contributed by atoms with Gasteiger partial charge in [-0.05, 0) is 30.2 Å². The van der Waals surface area contributed by atoms with Gasteiger partial charge in [-0.1, -0.05) is 47.1 Å². The number of hydrogen-bond acceptors (Lipinski definition) is 2. The molecule has 0 aliphatic heterocycles. The lowest BCUT2D eigenvalue weighted by molar-refractivity contribution is -0.128. The van der Waals surface area contributed by atoms with Crippen LogP contribution in [0.3, 0.4) is 0 Å². The summed E-state index contributed by atoms with van der Waals surface area (Å²) in [6.45, 7) is 6.08. The fraction of sp³-hybridized carbons (Fsp3) is 0.294. The van der Waals surface area contributed by atoms with E-state index in [0.717, 1.165) is 22.7 Å². The van der Waals surface area contributed by atoms with Crippen LogP contribution in [0.15, 0.2) is 53.5 Å². The van der Waals surface area contributed by atoms with Gasteiger partial charge in [-0.3, -0.25) is 4.79 Å². The second-order valence-corrected chi connectivity index (χ2v) is 5.48. The molecule has 3 nitrogen and oxygen atoms in total. The predicted octanol–water partition coefficient (Wildman–Crippen LogP) is 4.06. The van der Waals surface area contributed by atoms with Crippen LogP contribution in [0.4, 0.5) is 0 Å². The van der Waals surface area contributed by atoms with Gasteiger partial charge in [-0.15, -0.1) is 6.58 Å². The normalized spacial score (nSPS) is 12.1. The third kappa shape index (κ3) is 5.31. The Morgan fingerprint density at radius 2 is 2.05 bits per heavy atom. The summed E-state index contributed by atoms with van der Waals surface area (Å²) in [5, 5.41) is 0. The average molecular weight is 350 g/mol. The molecular weight excluding hydrogens is 330 g/mol. The molecule has 1 rings (SSSR count). The summed E-state index contributed by atoms with van der Waals surface area (Å²) in [4.78, 5) is 25.0. The number of benzene rings is 1. The third-order valence-electron chi connectivity index (χ3n) is 3.06. The molecule has 0 N–H and O–H groups in total. The highest BCUT2D eigenvalue weighted by Gasteiger charge is 2.22. The minimum atomic E-state index is -0.275. The molecule has 0 saturated carbocycles. The number of nitrogens with zero attached hydrogens (tertiary/aromatic N) is 1. The van der Waals surface area contributed by atoms with Crippen LogP contribution in [0.2, 0.25) is 0 Å². The van der Waals surface area contributed by atoms with Crippen LogP contribution in [0.25, 0.3) is 0 Å². The van der Waals surface area contributed by atoms with E-state index in [9.17, 15) is 9.59 Å². The molecular formula is C17H20BrNO2. The number of allylic oxidation sites excluding steroid dienone is 1. The summed E-state index contributed by atoms with van der Waals surface area (Å²) in [5.41, 5.74) is 0.936. The third-order valence-corrected chi connectivity index (χ3v) is 3.58. The monoisotopic (exact) mass is 349 g/mol. The molecule has 1 unspecified atom stereocenters. The maximum atomic E-state index is 12.3. The fourth-order valence-corrected chi connectivity index (χ4v) is 2.31. The van der Waals surface area contributed by atoms with Crippen molar-refractivity contribution in [3.05, 3.63) is 59.1 Å². The number of carbonyl (C=O) groups is 2. The van der Waals surface area contributed by atoms with Gasteiger partial charge in [0.05, 0.1) is 6.04 Å². The number of carbonyl (C=O) groups excluding carboxylic acids is 2. The van der Waals surface area contributed by atoms with Crippen LogP contribution in [-0.4, -0.2) is 23.6 Å². The van der Waals surface area contributed by atoms with E-state index in [2.05, 4.69) is 22.5 Å². The van der Waals surface area contributed by atoms with E-state index in [4.69, 9.17) is 0 Å². The molecule has 1 amide bonds. The minimum absolute atomic E-state index is 0.105. The molecule has 1 atom stereocenters. The molecule has 0 fully saturated rings. The van der Waals surface area contributed by atoms with E-state index in [1.54, 1.807) is 17.1 Å². The quantitative estimate of drug-likeness (QED) is 0.403. The molecule has 4 heteroatoms. The van der Waals surface area contributed by atoms with E-state index in [1.165, 1.54) is 0 Å². The summed E-state index contributed by atoms with van der Waals surface area (Å²) < 4.78 is 0.962.